The second kappa shape index (κ2) is 8.81. The molecule has 1 aromatic rings. The van der Waals surface area contributed by atoms with Gasteiger partial charge in [0.05, 0.1) is 6.61 Å². The van der Waals surface area contributed by atoms with Crippen molar-refractivity contribution >= 4 is 0 Å². The van der Waals surface area contributed by atoms with Gasteiger partial charge in [-0.3, -0.25) is 0 Å². The van der Waals surface area contributed by atoms with Crippen LogP contribution in [-0.2, 0) is 17.9 Å². The number of unbranched alkanes of at least 4 members (excludes halogenated alkanes) is 2. The summed E-state index contributed by atoms with van der Waals surface area (Å²) in [4.78, 5) is 0. The third-order valence-electron chi connectivity index (χ3n) is 2.59. The third-order valence-corrected chi connectivity index (χ3v) is 2.59. The molecule has 0 fully saturated rings. The van der Waals surface area contributed by atoms with E-state index in [1.54, 1.807) is 7.11 Å². The van der Waals surface area contributed by atoms with E-state index in [1.165, 1.54) is 11.1 Å². The molecule has 0 atom stereocenters. The largest absolute Gasteiger partial charge is 0.380 e. The van der Waals surface area contributed by atoms with E-state index >= 15 is 0 Å². The number of hydrogen-bond donors (Lipinski definition) is 1. The van der Waals surface area contributed by atoms with Crippen molar-refractivity contribution in [2.24, 2.45) is 0 Å². The zero-order valence-electron chi connectivity index (χ0n) is 10.5. The first kappa shape index (κ1) is 13.8. The van der Waals surface area contributed by atoms with Crippen molar-refractivity contribution in [3.8, 4) is 12.3 Å². The summed E-state index contributed by atoms with van der Waals surface area (Å²) in [7, 11) is 1.71. The first-order valence-electron chi connectivity index (χ1n) is 6.07. The molecule has 0 aliphatic carbocycles. The molecule has 0 radical (unpaired) electrons. The predicted octanol–water partition coefficient (Wildman–Crippen LogP) is 2.73. The van der Waals surface area contributed by atoms with Crippen molar-refractivity contribution in [2.45, 2.75) is 32.4 Å². The van der Waals surface area contributed by atoms with Crippen LogP contribution in [0.4, 0.5) is 0 Å². The lowest BCUT2D eigenvalue weighted by atomic mass is 10.1. The summed E-state index contributed by atoms with van der Waals surface area (Å²) < 4.78 is 5.07. The Labute approximate surface area is 104 Å². The van der Waals surface area contributed by atoms with Crippen LogP contribution in [0.5, 0.6) is 0 Å². The number of methoxy groups -OCH3 is 1. The Morgan fingerprint density at radius 3 is 2.53 bits per heavy atom. The quantitative estimate of drug-likeness (QED) is 0.548. The highest BCUT2D eigenvalue weighted by molar-refractivity contribution is 5.21. The Kier molecular flexibility index (Phi) is 7.13. The Balaban J connectivity index is 2.16. The molecule has 0 saturated carbocycles. The molecule has 0 spiro atoms. The first-order chi connectivity index (χ1) is 8.36. The molecule has 1 rings (SSSR count). The molecule has 1 N–H and O–H groups in total. The zero-order chi connectivity index (χ0) is 12.3. The fraction of sp³-hybridized carbons (Fsp3) is 0.467. The van der Waals surface area contributed by atoms with Gasteiger partial charge in [-0.15, -0.1) is 12.3 Å². The van der Waals surface area contributed by atoms with Gasteiger partial charge in [-0.2, -0.15) is 0 Å². The molecule has 2 heteroatoms. The maximum absolute atomic E-state index is 5.19. The third kappa shape index (κ3) is 6.11. The van der Waals surface area contributed by atoms with Crippen LogP contribution in [0.15, 0.2) is 24.3 Å². The van der Waals surface area contributed by atoms with Gasteiger partial charge in [0.15, 0.2) is 0 Å². The summed E-state index contributed by atoms with van der Waals surface area (Å²) >= 11 is 0. The molecule has 92 valence electrons. The SMILES string of the molecule is C#CCCCCNCc1ccc(COC)cc1. The Hall–Kier alpha value is -1.30. The van der Waals surface area contributed by atoms with Crippen LogP contribution in [0, 0.1) is 12.3 Å². The number of terminal acetylenes is 1. The zero-order valence-corrected chi connectivity index (χ0v) is 10.5. The average molecular weight is 231 g/mol. The molecule has 0 aliphatic rings. The standard InChI is InChI=1S/C15H21NO/c1-3-4-5-6-11-16-12-14-7-9-15(10-8-14)13-17-2/h1,7-10,16H,4-6,11-13H2,2H3. The second-order valence-electron chi connectivity index (χ2n) is 4.09. The Morgan fingerprint density at radius 1 is 1.18 bits per heavy atom. The lowest BCUT2D eigenvalue weighted by molar-refractivity contribution is 0.185. The minimum Gasteiger partial charge on any atom is -0.380 e. The molecule has 17 heavy (non-hydrogen) atoms. The van der Waals surface area contributed by atoms with Crippen LogP contribution in [0.2, 0.25) is 0 Å². The Morgan fingerprint density at radius 2 is 1.88 bits per heavy atom. The van der Waals surface area contributed by atoms with Crippen molar-refractivity contribution in [1.29, 1.82) is 0 Å². The van der Waals surface area contributed by atoms with E-state index < -0.39 is 0 Å². The van der Waals surface area contributed by atoms with Crippen molar-refractivity contribution < 1.29 is 4.74 Å². The van der Waals surface area contributed by atoms with Crippen molar-refractivity contribution in [3.63, 3.8) is 0 Å². The molecule has 0 aliphatic heterocycles. The number of nitrogens with one attached hydrogen (secondary N) is 1. The molecular formula is C15H21NO. The van der Waals surface area contributed by atoms with Crippen LogP contribution in [0.3, 0.4) is 0 Å². The fourth-order valence-electron chi connectivity index (χ4n) is 1.63. The predicted molar refractivity (Wildman–Crippen MR) is 71.5 cm³/mol. The topological polar surface area (TPSA) is 21.3 Å². The average Bonchev–Trinajstić information content (AvgIpc) is 2.36. The van der Waals surface area contributed by atoms with E-state index in [9.17, 15) is 0 Å². The highest BCUT2D eigenvalue weighted by Gasteiger charge is 1.94. The van der Waals surface area contributed by atoms with Crippen LogP contribution in [0.1, 0.15) is 30.4 Å². The van der Waals surface area contributed by atoms with Gasteiger partial charge in [-0.1, -0.05) is 24.3 Å². The molecule has 0 heterocycles. The molecule has 0 unspecified atom stereocenters. The minimum atomic E-state index is 0.680. The van der Waals surface area contributed by atoms with Gasteiger partial charge < -0.3 is 10.1 Å². The Bertz CT molecular complexity index is 337. The molecule has 0 amide bonds. The molecule has 2 nitrogen and oxygen atoms in total. The molecule has 0 saturated heterocycles. The normalized spacial score (nSPS) is 10.1. The van der Waals surface area contributed by atoms with Gasteiger partial charge in [0.25, 0.3) is 0 Å². The first-order valence-corrected chi connectivity index (χ1v) is 6.07. The van der Waals surface area contributed by atoms with Crippen molar-refractivity contribution in [2.75, 3.05) is 13.7 Å². The summed E-state index contributed by atoms with van der Waals surface area (Å²) in [5.41, 5.74) is 2.52. The van der Waals surface area contributed by atoms with E-state index in [-0.39, 0.29) is 0 Å². The van der Waals surface area contributed by atoms with Crippen LogP contribution >= 0.6 is 0 Å². The van der Waals surface area contributed by atoms with Gasteiger partial charge in [-0.05, 0) is 30.5 Å². The van der Waals surface area contributed by atoms with Gasteiger partial charge in [0.2, 0.25) is 0 Å². The van der Waals surface area contributed by atoms with E-state index in [0.717, 1.165) is 32.4 Å². The summed E-state index contributed by atoms with van der Waals surface area (Å²) in [5.74, 6) is 2.65. The van der Waals surface area contributed by atoms with Crippen LogP contribution in [-0.4, -0.2) is 13.7 Å². The van der Waals surface area contributed by atoms with Crippen molar-refractivity contribution in [3.05, 3.63) is 35.4 Å². The molecule has 0 bridgehead atoms. The number of rotatable bonds is 8. The van der Waals surface area contributed by atoms with Gasteiger partial charge in [-0.25, -0.2) is 0 Å². The van der Waals surface area contributed by atoms with Gasteiger partial charge >= 0.3 is 0 Å². The number of hydrogen-bond acceptors (Lipinski definition) is 2. The summed E-state index contributed by atoms with van der Waals surface area (Å²) in [6.07, 6.45) is 8.33. The van der Waals surface area contributed by atoms with Crippen LogP contribution in [0.25, 0.3) is 0 Å². The van der Waals surface area contributed by atoms with E-state index in [2.05, 4.69) is 35.5 Å². The van der Waals surface area contributed by atoms with E-state index in [4.69, 9.17) is 11.2 Å². The molecule has 1 aromatic carbocycles. The lowest BCUT2D eigenvalue weighted by Crippen LogP contribution is -2.14. The lowest BCUT2D eigenvalue weighted by Gasteiger charge is -2.05. The van der Waals surface area contributed by atoms with Crippen molar-refractivity contribution in [1.82, 2.24) is 5.32 Å². The van der Waals surface area contributed by atoms with Gasteiger partial charge in [0.1, 0.15) is 0 Å². The van der Waals surface area contributed by atoms with E-state index in [1.807, 2.05) is 0 Å². The monoisotopic (exact) mass is 231 g/mol. The highest BCUT2D eigenvalue weighted by atomic mass is 16.5. The van der Waals surface area contributed by atoms with E-state index in [0.29, 0.717) is 6.61 Å². The minimum absolute atomic E-state index is 0.680. The molecular weight excluding hydrogens is 210 g/mol. The number of ether oxygens (including phenoxy) is 1. The van der Waals surface area contributed by atoms with Gasteiger partial charge in [0, 0.05) is 20.1 Å². The second-order valence-corrected chi connectivity index (χ2v) is 4.09. The molecule has 0 aromatic heterocycles. The maximum Gasteiger partial charge on any atom is 0.0713 e. The summed E-state index contributed by atoms with van der Waals surface area (Å²) in [5, 5.41) is 3.41. The summed E-state index contributed by atoms with van der Waals surface area (Å²) in [6, 6.07) is 8.50. The maximum atomic E-state index is 5.19. The number of benzene rings is 1. The fourth-order valence-corrected chi connectivity index (χ4v) is 1.63. The summed E-state index contributed by atoms with van der Waals surface area (Å²) in [6.45, 7) is 2.63. The smallest absolute Gasteiger partial charge is 0.0713 e. The highest BCUT2D eigenvalue weighted by Crippen LogP contribution is 2.05. The van der Waals surface area contributed by atoms with Crippen LogP contribution < -0.4 is 5.32 Å².